The van der Waals surface area contributed by atoms with Gasteiger partial charge >= 0.3 is 5.97 Å². The molecule has 6 heteroatoms. The number of anilines is 2. The van der Waals surface area contributed by atoms with E-state index in [0.29, 0.717) is 11.4 Å². The maximum absolute atomic E-state index is 11.6. The van der Waals surface area contributed by atoms with Gasteiger partial charge in [0.05, 0.1) is 0 Å². The average Bonchev–Trinajstić information content (AvgIpc) is 3.11. The molecule has 3 N–H and O–H groups in total. The van der Waals surface area contributed by atoms with Crippen LogP contribution in [0, 0.1) is 5.92 Å². The summed E-state index contributed by atoms with van der Waals surface area (Å²) in [6.07, 6.45) is 1.25. The van der Waals surface area contributed by atoms with Gasteiger partial charge in [0.1, 0.15) is 6.42 Å². The van der Waals surface area contributed by atoms with Crippen LogP contribution in [-0.4, -0.2) is 22.9 Å². The first-order chi connectivity index (χ1) is 9.04. The maximum atomic E-state index is 11.6. The van der Waals surface area contributed by atoms with Gasteiger partial charge in [-0.2, -0.15) is 0 Å². The highest BCUT2D eigenvalue weighted by atomic mass is 16.4. The molecular formula is C13H14N2O4. The summed E-state index contributed by atoms with van der Waals surface area (Å²) in [5, 5.41) is 13.7. The fourth-order valence-electron chi connectivity index (χ4n) is 1.61. The Morgan fingerprint density at radius 1 is 1.16 bits per heavy atom. The molecule has 0 unspecified atom stereocenters. The number of hydrogen-bond acceptors (Lipinski definition) is 3. The summed E-state index contributed by atoms with van der Waals surface area (Å²) in [7, 11) is 0. The van der Waals surface area contributed by atoms with E-state index in [2.05, 4.69) is 10.6 Å². The summed E-state index contributed by atoms with van der Waals surface area (Å²) in [6.45, 7) is 0. The number of hydrogen-bond donors (Lipinski definition) is 3. The largest absolute Gasteiger partial charge is 0.481 e. The minimum Gasteiger partial charge on any atom is -0.481 e. The Bertz CT molecular complexity index is 523. The van der Waals surface area contributed by atoms with Gasteiger partial charge in [-0.05, 0) is 31.0 Å². The van der Waals surface area contributed by atoms with Gasteiger partial charge in [0.15, 0.2) is 0 Å². The molecule has 1 saturated carbocycles. The normalized spacial score (nSPS) is 13.7. The fourth-order valence-corrected chi connectivity index (χ4v) is 1.61. The number of carbonyl (C=O) groups excluding carboxylic acids is 2. The molecule has 0 radical (unpaired) electrons. The van der Waals surface area contributed by atoms with E-state index in [-0.39, 0.29) is 11.8 Å². The van der Waals surface area contributed by atoms with Crippen LogP contribution in [0.25, 0.3) is 0 Å². The Kier molecular flexibility index (Phi) is 3.79. The standard InChI is InChI=1S/C13H14N2O4/c16-11(7-12(17)18)14-9-2-1-3-10(6-9)15-13(19)8-4-5-8/h1-3,6,8H,4-5,7H2,(H,14,16)(H,15,19)(H,17,18). The second kappa shape index (κ2) is 5.51. The molecule has 0 spiro atoms. The highest BCUT2D eigenvalue weighted by Crippen LogP contribution is 2.30. The number of rotatable bonds is 5. The molecule has 100 valence electrons. The third-order valence-corrected chi connectivity index (χ3v) is 2.67. The van der Waals surface area contributed by atoms with Crippen molar-refractivity contribution in [1.82, 2.24) is 0 Å². The van der Waals surface area contributed by atoms with E-state index in [0.717, 1.165) is 12.8 Å². The molecule has 2 amide bonds. The maximum Gasteiger partial charge on any atom is 0.312 e. The van der Waals surface area contributed by atoms with E-state index in [4.69, 9.17) is 5.11 Å². The Hall–Kier alpha value is -2.37. The van der Waals surface area contributed by atoms with Gasteiger partial charge in [0.25, 0.3) is 0 Å². The molecule has 0 atom stereocenters. The van der Waals surface area contributed by atoms with Crippen molar-refractivity contribution in [2.45, 2.75) is 19.3 Å². The van der Waals surface area contributed by atoms with Crippen molar-refractivity contribution in [2.75, 3.05) is 10.6 Å². The van der Waals surface area contributed by atoms with Crippen LogP contribution in [0.15, 0.2) is 24.3 Å². The first kappa shape index (κ1) is 13.1. The highest BCUT2D eigenvalue weighted by Gasteiger charge is 2.29. The Labute approximate surface area is 109 Å². The molecule has 0 saturated heterocycles. The molecular weight excluding hydrogens is 248 g/mol. The van der Waals surface area contributed by atoms with Crippen LogP contribution in [-0.2, 0) is 14.4 Å². The quantitative estimate of drug-likeness (QED) is 0.700. The van der Waals surface area contributed by atoms with Gasteiger partial charge < -0.3 is 15.7 Å². The van der Waals surface area contributed by atoms with Crippen molar-refractivity contribution in [1.29, 1.82) is 0 Å². The highest BCUT2D eigenvalue weighted by molar-refractivity contribution is 6.02. The van der Waals surface area contributed by atoms with Gasteiger partial charge in [-0.1, -0.05) is 6.07 Å². The zero-order chi connectivity index (χ0) is 13.8. The van der Waals surface area contributed by atoms with E-state index in [1.165, 1.54) is 0 Å². The third-order valence-electron chi connectivity index (χ3n) is 2.67. The van der Waals surface area contributed by atoms with Crippen molar-refractivity contribution in [3.05, 3.63) is 24.3 Å². The number of aliphatic carboxylic acids is 1. The first-order valence-electron chi connectivity index (χ1n) is 5.97. The first-order valence-corrected chi connectivity index (χ1v) is 5.97. The van der Waals surface area contributed by atoms with Crippen molar-refractivity contribution >= 4 is 29.2 Å². The average molecular weight is 262 g/mol. The van der Waals surface area contributed by atoms with Gasteiger partial charge in [0.2, 0.25) is 11.8 Å². The van der Waals surface area contributed by atoms with Crippen LogP contribution in [0.5, 0.6) is 0 Å². The van der Waals surface area contributed by atoms with Gasteiger partial charge in [0, 0.05) is 17.3 Å². The van der Waals surface area contributed by atoms with Crippen molar-refractivity contribution in [3.8, 4) is 0 Å². The number of nitrogens with one attached hydrogen (secondary N) is 2. The lowest BCUT2D eigenvalue weighted by atomic mass is 10.2. The van der Waals surface area contributed by atoms with Crippen molar-refractivity contribution in [3.63, 3.8) is 0 Å². The molecule has 0 heterocycles. The molecule has 19 heavy (non-hydrogen) atoms. The minimum atomic E-state index is -1.18. The summed E-state index contributed by atoms with van der Waals surface area (Å²) in [6, 6.07) is 6.62. The monoisotopic (exact) mass is 262 g/mol. The summed E-state index contributed by atoms with van der Waals surface area (Å²) >= 11 is 0. The van der Waals surface area contributed by atoms with Crippen LogP contribution >= 0.6 is 0 Å². The van der Waals surface area contributed by atoms with E-state index in [1.54, 1.807) is 24.3 Å². The van der Waals surface area contributed by atoms with E-state index in [9.17, 15) is 14.4 Å². The van der Waals surface area contributed by atoms with Crippen LogP contribution in [0.2, 0.25) is 0 Å². The third kappa shape index (κ3) is 4.09. The SMILES string of the molecule is O=C(O)CC(=O)Nc1cccc(NC(=O)C2CC2)c1. The second-order valence-corrected chi connectivity index (χ2v) is 4.46. The predicted octanol–water partition coefficient (Wildman–Crippen LogP) is 1.45. The second-order valence-electron chi connectivity index (χ2n) is 4.46. The summed E-state index contributed by atoms with van der Waals surface area (Å²) in [4.78, 5) is 33.2. The van der Waals surface area contributed by atoms with Gasteiger partial charge in [-0.3, -0.25) is 14.4 Å². The van der Waals surface area contributed by atoms with Gasteiger partial charge in [-0.15, -0.1) is 0 Å². The lowest BCUT2D eigenvalue weighted by Crippen LogP contribution is -2.16. The summed E-state index contributed by atoms with van der Waals surface area (Å²) in [5.74, 6) is -1.70. The van der Waals surface area contributed by atoms with Crippen LogP contribution < -0.4 is 10.6 Å². The molecule has 1 aliphatic carbocycles. The smallest absolute Gasteiger partial charge is 0.312 e. The van der Waals surface area contributed by atoms with E-state index in [1.807, 2.05) is 0 Å². The van der Waals surface area contributed by atoms with Crippen LogP contribution in [0.3, 0.4) is 0 Å². The molecule has 1 fully saturated rings. The zero-order valence-corrected chi connectivity index (χ0v) is 10.2. The molecule has 6 nitrogen and oxygen atoms in total. The van der Waals surface area contributed by atoms with E-state index >= 15 is 0 Å². The van der Waals surface area contributed by atoms with Crippen molar-refractivity contribution < 1.29 is 19.5 Å². The molecule has 2 rings (SSSR count). The lowest BCUT2D eigenvalue weighted by molar-refractivity contribution is -0.139. The molecule has 0 aromatic heterocycles. The molecule has 1 aliphatic rings. The lowest BCUT2D eigenvalue weighted by Gasteiger charge is -2.07. The topological polar surface area (TPSA) is 95.5 Å². The number of carboxylic acid groups (broad SMARTS) is 1. The molecule has 0 aliphatic heterocycles. The summed E-state index contributed by atoms with van der Waals surface area (Å²) in [5.41, 5.74) is 1.05. The Morgan fingerprint density at radius 3 is 2.37 bits per heavy atom. The summed E-state index contributed by atoms with van der Waals surface area (Å²) < 4.78 is 0. The predicted molar refractivity (Wildman–Crippen MR) is 68.7 cm³/mol. The Morgan fingerprint density at radius 2 is 1.79 bits per heavy atom. The van der Waals surface area contributed by atoms with Crippen LogP contribution in [0.1, 0.15) is 19.3 Å². The van der Waals surface area contributed by atoms with E-state index < -0.39 is 18.3 Å². The number of amides is 2. The number of benzene rings is 1. The minimum absolute atomic E-state index is 0.0194. The van der Waals surface area contributed by atoms with Gasteiger partial charge in [-0.25, -0.2) is 0 Å². The zero-order valence-electron chi connectivity index (χ0n) is 10.2. The van der Waals surface area contributed by atoms with Crippen molar-refractivity contribution in [2.24, 2.45) is 5.92 Å². The molecule has 1 aromatic carbocycles. The fraction of sp³-hybridized carbons (Fsp3) is 0.308. The number of carboxylic acids is 1. The molecule has 0 bridgehead atoms. The molecule has 1 aromatic rings. The Balaban J connectivity index is 1.96. The van der Waals surface area contributed by atoms with Crippen LogP contribution in [0.4, 0.5) is 11.4 Å². The number of carbonyl (C=O) groups is 3.